The molecule has 0 fully saturated rings. The number of alkyl halides is 1. The van der Waals surface area contributed by atoms with E-state index in [-0.39, 0.29) is 0 Å². The highest BCUT2D eigenvalue weighted by atomic mass is 19.1. The smallest absolute Gasteiger partial charge is 0.118 e. The van der Waals surface area contributed by atoms with Crippen LogP contribution in [-0.4, -0.2) is 11.7 Å². The summed E-state index contributed by atoms with van der Waals surface area (Å²) in [5.74, 6) is 0.438. The van der Waals surface area contributed by atoms with E-state index in [2.05, 4.69) is 13.8 Å². The lowest BCUT2D eigenvalue weighted by atomic mass is 9.91. The van der Waals surface area contributed by atoms with Crippen molar-refractivity contribution in [2.45, 2.75) is 52.2 Å². The topological polar surface area (TPSA) is 26.0 Å². The third kappa shape index (κ3) is 4.35. The zero-order valence-electron chi connectivity index (χ0n) is 8.02. The van der Waals surface area contributed by atoms with Crippen molar-refractivity contribution in [3.8, 4) is 0 Å². The predicted octanol–water partition coefficient (Wildman–Crippen LogP) is 2.50. The van der Waals surface area contributed by atoms with Crippen LogP contribution in [0.25, 0.3) is 0 Å². The highest BCUT2D eigenvalue weighted by molar-refractivity contribution is 4.82. The highest BCUT2D eigenvalue weighted by Crippen LogP contribution is 2.19. The van der Waals surface area contributed by atoms with Crippen molar-refractivity contribution >= 4 is 0 Å². The summed E-state index contributed by atoms with van der Waals surface area (Å²) in [6, 6.07) is 0. The van der Waals surface area contributed by atoms with E-state index in [0.717, 1.165) is 6.42 Å². The van der Waals surface area contributed by atoms with Crippen LogP contribution in [0, 0.1) is 5.92 Å². The number of hydrogen-bond acceptors (Lipinski definition) is 1. The van der Waals surface area contributed by atoms with Crippen molar-refractivity contribution in [3.05, 3.63) is 0 Å². The van der Waals surface area contributed by atoms with E-state index >= 15 is 0 Å². The van der Waals surface area contributed by atoms with Gasteiger partial charge < -0.3 is 5.73 Å². The molecule has 2 heteroatoms. The largest absolute Gasteiger partial charge is 0.323 e. The molecule has 0 heterocycles. The van der Waals surface area contributed by atoms with Gasteiger partial charge in [-0.1, -0.05) is 20.3 Å². The standard InChI is InChI=1S/C9H20FN/c1-5-7(2)6-8(10)9(3,4)11/h7-8H,5-6,11H2,1-4H3. The highest BCUT2D eigenvalue weighted by Gasteiger charge is 2.25. The maximum absolute atomic E-state index is 13.2. The molecule has 0 rings (SSSR count). The molecule has 0 aliphatic rings. The molecule has 0 aromatic rings. The summed E-state index contributed by atoms with van der Waals surface area (Å²) < 4.78 is 13.2. The average Bonchev–Trinajstić information content (AvgIpc) is 1.85. The Labute approximate surface area is 69.2 Å². The van der Waals surface area contributed by atoms with Crippen molar-refractivity contribution in [1.29, 1.82) is 0 Å². The minimum atomic E-state index is -0.877. The Morgan fingerprint density at radius 1 is 1.45 bits per heavy atom. The fourth-order valence-electron chi connectivity index (χ4n) is 0.824. The molecule has 2 unspecified atom stereocenters. The summed E-state index contributed by atoms with van der Waals surface area (Å²) in [7, 11) is 0. The summed E-state index contributed by atoms with van der Waals surface area (Å²) in [4.78, 5) is 0. The first-order valence-corrected chi connectivity index (χ1v) is 4.30. The van der Waals surface area contributed by atoms with Crippen molar-refractivity contribution in [1.82, 2.24) is 0 Å². The number of rotatable bonds is 4. The predicted molar refractivity (Wildman–Crippen MR) is 47.2 cm³/mol. The summed E-state index contributed by atoms with van der Waals surface area (Å²) >= 11 is 0. The monoisotopic (exact) mass is 161 g/mol. The molecule has 2 atom stereocenters. The Morgan fingerprint density at radius 2 is 1.91 bits per heavy atom. The Bertz CT molecular complexity index is 107. The SMILES string of the molecule is CCC(C)CC(F)C(C)(C)N. The van der Waals surface area contributed by atoms with E-state index in [0.29, 0.717) is 12.3 Å². The van der Waals surface area contributed by atoms with Crippen LogP contribution in [0.3, 0.4) is 0 Å². The van der Waals surface area contributed by atoms with Crippen LogP contribution in [0.5, 0.6) is 0 Å². The van der Waals surface area contributed by atoms with Crippen LogP contribution in [0.1, 0.15) is 40.5 Å². The second-order valence-electron chi connectivity index (χ2n) is 4.04. The first-order valence-electron chi connectivity index (χ1n) is 4.30. The fourth-order valence-corrected chi connectivity index (χ4v) is 0.824. The minimum Gasteiger partial charge on any atom is -0.323 e. The van der Waals surface area contributed by atoms with Gasteiger partial charge in [-0.2, -0.15) is 0 Å². The molecule has 68 valence electrons. The van der Waals surface area contributed by atoms with Gasteiger partial charge in [-0.3, -0.25) is 0 Å². The van der Waals surface area contributed by atoms with Gasteiger partial charge in [0.25, 0.3) is 0 Å². The summed E-state index contributed by atoms with van der Waals surface area (Å²) in [5.41, 5.74) is 4.93. The molecule has 0 aromatic carbocycles. The van der Waals surface area contributed by atoms with Gasteiger partial charge in [-0.05, 0) is 26.2 Å². The van der Waals surface area contributed by atoms with E-state index in [4.69, 9.17) is 5.73 Å². The maximum Gasteiger partial charge on any atom is 0.118 e. The fraction of sp³-hybridized carbons (Fsp3) is 1.00. The molecular weight excluding hydrogens is 141 g/mol. The summed E-state index contributed by atoms with van der Waals surface area (Å²) in [5, 5.41) is 0. The van der Waals surface area contributed by atoms with E-state index in [1.165, 1.54) is 0 Å². The molecular formula is C9H20FN. The average molecular weight is 161 g/mol. The lowest BCUT2D eigenvalue weighted by Crippen LogP contribution is -2.43. The lowest BCUT2D eigenvalue weighted by Gasteiger charge is -2.25. The van der Waals surface area contributed by atoms with Gasteiger partial charge in [0.05, 0.1) is 0 Å². The van der Waals surface area contributed by atoms with E-state index in [9.17, 15) is 4.39 Å². The van der Waals surface area contributed by atoms with Crippen LogP contribution in [0.2, 0.25) is 0 Å². The number of halogens is 1. The van der Waals surface area contributed by atoms with Crippen molar-refractivity contribution in [2.75, 3.05) is 0 Å². The minimum absolute atomic E-state index is 0.438. The van der Waals surface area contributed by atoms with Crippen LogP contribution < -0.4 is 5.73 Å². The molecule has 0 amide bonds. The Balaban J connectivity index is 3.77. The van der Waals surface area contributed by atoms with E-state index in [1.54, 1.807) is 13.8 Å². The van der Waals surface area contributed by atoms with Gasteiger partial charge in [-0.15, -0.1) is 0 Å². The Morgan fingerprint density at radius 3 is 2.18 bits per heavy atom. The molecule has 2 N–H and O–H groups in total. The third-order valence-electron chi connectivity index (χ3n) is 2.11. The number of nitrogens with two attached hydrogens (primary N) is 1. The van der Waals surface area contributed by atoms with Crippen LogP contribution in [-0.2, 0) is 0 Å². The maximum atomic E-state index is 13.2. The van der Waals surface area contributed by atoms with Crippen LogP contribution in [0.4, 0.5) is 4.39 Å². The van der Waals surface area contributed by atoms with E-state index < -0.39 is 11.7 Å². The van der Waals surface area contributed by atoms with E-state index in [1.807, 2.05) is 0 Å². The van der Waals surface area contributed by atoms with Crippen LogP contribution in [0.15, 0.2) is 0 Å². The second-order valence-corrected chi connectivity index (χ2v) is 4.04. The third-order valence-corrected chi connectivity index (χ3v) is 2.11. The summed E-state index contributed by atoms with van der Waals surface area (Å²) in [6.45, 7) is 7.60. The zero-order chi connectivity index (χ0) is 9.07. The first-order chi connectivity index (χ1) is 4.88. The molecule has 0 spiro atoms. The Kier molecular flexibility index (Phi) is 4.01. The molecule has 11 heavy (non-hydrogen) atoms. The molecule has 0 saturated heterocycles. The molecule has 0 radical (unpaired) electrons. The van der Waals surface area contributed by atoms with Gasteiger partial charge >= 0.3 is 0 Å². The molecule has 0 bridgehead atoms. The first kappa shape index (κ1) is 10.9. The summed E-state index contributed by atoms with van der Waals surface area (Å²) in [6.07, 6.45) is 0.730. The van der Waals surface area contributed by atoms with Gasteiger partial charge in [-0.25, -0.2) is 4.39 Å². The molecule has 0 saturated carbocycles. The Hall–Kier alpha value is -0.110. The van der Waals surface area contributed by atoms with Gasteiger partial charge in [0.2, 0.25) is 0 Å². The van der Waals surface area contributed by atoms with Gasteiger partial charge in [0.15, 0.2) is 0 Å². The number of hydrogen-bond donors (Lipinski definition) is 1. The normalized spacial score (nSPS) is 18.0. The molecule has 0 aliphatic carbocycles. The molecule has 0 aliphatic heterocycles. The van der Waals surface area contributed by atoms with Crippen molar-refractivity contribution < 1.29 is 4.39 Å². The quantitative estimate of drug-likeness (QED) is 0.673. The van der Waals surface area contributed by atoms with Crippen molar-refractivity contribution in [3.63, 3.8) is 0 Å². The van der Waals surface area contributed by atoms with Gasteiger partial charge in [0.1, 0.15) is 6.17 Å². The second kappa shape index (κ2) is 4.05. The zero-order valence-corrected chi connectivity index (χ0v) is 8.02. The molecule has 1 nitrogen and oxygen atoms in total. The lowest BCUT2D eigenvalue weighted by molar-refractivity contribution is 0.181. The van der Waals surface area contributed by atoms with Crippen LogP contribution >= 0.6 is 0 Å². The van der Waals surface area contributed by atoms with Crippen molar-refractivity contribution in [2.24, 2.45) is 11.7 Å². The molecule has 0 aromatic heterocycles. The van der Waals surface area contributed by atoms with Gasteiger partial charge in [0, 0.05) is 5.54 Å².